The Morgan fingerprint density at radius 3 is 2.61 bits per heavy atom. The summed E-state index contributed by atoms with van der Waals surface area (Å²) in [4.78, 5) is 22.8. The maximum atomic E-state index is 11.9. The Hall–Kier alpha value is -1.36. The molecule has 0 unspecified atom stereocenters. The van der Waals surface area contributed by atoms with Gasteiger partial charge in [-0.15, -0.1) is 0 Å². The van der Waals surface area contributed by atoms with E-state index in [-0.39, 0.29) is 30.6 Å². The molecule has 1 saturated carbocycles. The Morgan fingerprint density at radius 2 is 1.93 bits per heavy atom. The third-order valence-electron chi connectivity index (χ3n) is 5.38. The average molecular weight is 402 g/mol. The molecular formula is C19H30O9. The van der Waals surface area contributed by atoms with Crippen molar-refractivity contribution < 1.29 is 44.6 Å². The molecule has 0 aromatic carbocycles. The molecule has 0 amide bonds. The van der Waals surface area contributed by atoms with Gasteiger partial charge in [-0.1, -0.05) is 12.2 Å². The van der Waals surface area contributed by atoms with E-state index < -0.39 is 43.3 Å². The number of aliphatic carboxylic acids is 1. The van der Waals surface area contributed by atoms with E-state index in [9.17, 15) is 24.9 Å². The first-order valence-corrected chi connectivity index (χ1v) is 9.66. The van der Waals surface area contributed by atoms with Crippen LogP contribution in [0.2, 0.25) is 0 Å². The summed E-state index contributed by atoms with van der Waals surface area (Å²) in [5.74, 6) is -1.07. The average Bonchev–Trinajstić information content (AvgIpc) is 2.99. The Balaban J connectivity index is 1.67. The zero-order valence-corrected chi connectivity index (χ0v) is 15.7. The summed E-state index contributed by atoms with van der Waals surface area (Å²) in [6.45, 7) is -0.271. The van der Waals surface area contributed by atoms with Crippen molar-refractivity contribution in [1.82, 2.24) is 0 Å². The number of ketones is 1. The smallest absolute Gasteiger partial charge is 0.303 e. The van der Waals surface area contributed by atoms with Crippen LogP contribution < -0.4 is 0 Å². The van der Waals surface area contributed by atoms with Crippen molar-refractivity contribution in [3.63, 3.8) is 0 Å². The topological polar surface area (TPSA) is 154 Å². The lowest BCUT2D eigenvalue weighted by Crippen LogP contribution is -2.59. The van der Waals surface area contributed by atoms with Gasteiger partial charge in [0.25, 0.3) is 0 Å². The number of Topliss-reactive ketones (excluding diaryl/α,β-unsaturated/α-hetero) is 1. The highest BCUT2D eigenvalue weighted by Crippen LogP contribution is 2.34. The van der Waals surface area contributed by atoms with Gasteiger partial charge >= 0.3 is 5.97 Å². The summed E-state index contributed by atoms with van der Waals surface area (Å²) < 4.78 is 10.6. The third-order valence-corrected chi connectivity index (χ3v) is 5.38. The Bertz CT molecular complexity index is 548. The number of aliphatic hydroxyl groups is 4. The summed E-state index contributed by atoms with van der Waals surface area (Å²) in [6.07, 6.45) is 0.277. The van der Waals surface area contributed by atoms with Crippen molar-refractivity contribution in [2.45, 2.75) is 69.2 Å². The minimum absolute atomic E-state index is 0.0250. The van der Waals surface area contributed by atoms with Crippen LogP contribution in [0.25, 0.3) is 0 Å². The van der Waals surface area contributed by atoms with Gasteiger partial charge in [-0.25, -0.2) is 0 Å². The first-order valence-electron chi connectivity index (χ1n) is 9.66. The van der Waals surface area contributed by atoms with Crippen molar-refractivity contribution in [2.24, 2.45) is 11.8 Å². The summed E-state index contributed by atoms with van der Waals surface area (Å²) in [6, 6.07) is 0. The van der Waals surface area contributed by atoms with E-state index in [0.717, 1.165) is 0 Å². The number of unbranched alkanes of at least 4 members (excludes halogenated alkanes) is 1. The van der Waals surface area contributed by atoms with E-state index in [0.29, 0.717) is 32.1 Å². The highest BCUT2D eigenvalue weighted by atomic mass is 16.7. The fourth-order valence-corrected chi connectivity index (χ4v) is 3.74. The molecule has 0 bridgehead atoms. The van der Waals surface area contributed by atoms with E-state index in [1.165, 1.54) is 0 Å². The molecule has 9 nitrogen and oxygen atoms in total. The second kappa shape index (κ2) is 11.0. The monoisotopic (exact) mass is 402 g/mol. The van der Waals surface area contributed by atoms with E-state index in [4.69, 9.17) is 19.7 Å². The maximum absolute atomic E-state index is 11.9. The third kappa shape index (κ3) is 6.07. The van der Waals surface area contributed by atoms with Crippen LogP contribution in [-0.4, -0.2) is 81.2 Å². The van der Waals surface area contributed by atoms with E-state index in [1.54, 1.807) is 0 Å². The number of carbonyl (C=O) groups is 2. The molecule has 2 rings (SSSR count). The van der Waals surface area contributed by atoms with Gasteiger partial charge in [-0.3, -0.25) is 9.59 Å². The van der Waals surface area contributed by atoms with Crippen molar-refractivity contribution in [3.05, 3.63) is 12.2 Å². The van der Waals surface area contributed by atoms with Crippen LogP contribution in [0.4, 0.5) is 0 Å². The van der Waals surface area contributed by atoms with Crippen LogP contribution in [0.1, 0.15) is 38.5 Å². The molecule has 7 atom stereocenters. The van der Waals surface area contributed by atoms with Crippen molar-refractivity contribution >= 4 is 11.8 Å². The van der Waals surface area contributed by atoms with Crippen LogP contribution in [0, 0.1) is 11.8 Å². The quantitative estimate of drug-likeness (QED) is 0.242. The molecule has 1 saturated heterocycles. The molecule has 0 aromatic rings. The number of carboxylic acid groups (broad SMARTS) is 1. The molecule has 1 heterocycles. The maximum Gasteiger partial charge on any atom is 0.303 e. The zero-order chi connectivity index (χ0) is 20.7. The summed E-state index contributed by atoms with van der Waals surface area (Å²) in [5.41, 5.74) is 0. The van der Waals surface area contributed by atoms with Crippen molar-refractivity contribution in [2.75, 3.05) is 13.2 Å². The van der Waals surface area contributed by atoms with Gasteiger partial charge in [0.1, 0.15) is 30.2 Å². The first-order chi connectivity index (χ1) is 13.3. The van der Waals surface area contributed by atoms with E-state index >= 15 is 0 Å². The lowest BCUT2D eigenvalue weighted by molar-refractivity contribution is -0.301. The molecule has 28 heavy (non-hydrogen) atoms. The predicted molar refractivity (Wildman–Crippen MR) is 96.2 cm³/mol. The van der Waals surface area contributed by atoms with Crippen molar-refractivity contribution in [1.29, 1.82) is 0 Å². The van der Waals surface area contributed by atoms with E-state index in [2.05, 4.69) is 0 Å². The highest BCUT2D eigenvalue weighted by molar-refractivity contribution is 5.84. The van der Waals surface area contributed by atoms with Crippen LogP contribution in [0.5, 0.6) is 0 Å². The number of hydrogen-bond donors (Lipinski definition) is 5. The SMILES string of the molecule is O=C(O)C[C@H]1CCC(=O)[C@@H]1C/C=C\CCCO[C@@H]1O[C@H](CO)[C@@H](O)[C@H](O)[C@H]1O. The fraction of sp³-hybridized carbons (Fsp3) is 0.789. The summed E-state index contributed by atoms with van der Waals surface area (Å²) in [5, 5.41) is 47.3. The largest absolute Gasteiger partial charge is 0.481 e. The number of aliphatic hydroxyl groups excluding tert-OH is 4. The number of allylic oxidation sites excluding steroid dienone is 2. The van der Waals surface area contributed by atoms with Gasteiger partial charge in [-0.05, 0) is 31.6 Å². The second-order valence-electron chi connectivity index (χ2n) is 7.39. The van der Waals surface area contributed by atoms with Crippen LogP contribution in [-0.2, 0) is 19.1 Å². The van der Waals surface area contributed by atoms with Gasteiger partial charge < -0.3 is 35.0 Å². The molecule has 5 N–H and O–H groups in total. The van der Waals surface area contributed by atoms with Gasteiger partial charge in [0.15, 0.2) is 6.29 Å². The number of carboxylic acids is 1. The minimum Gasteiger partial charge on any atom is -0.481 e. The molecular weight excluding hydrogens is 372 g/mol. The molecule has 2 fully saturated rings. The van der Waals surface area contributed by atoms with Crippen LogP contribution >= 0.6 is 0 Å². The Kier molecular flexibility index (Phi) is 9.00. The molecule has 160 valence electrons. The molecule has 9 heteroatoms. The zero-order valence-electron chi connectivity index (χ0n) is 15.7. The molecule has 1 aliphatic heterocycles. The molecule has 0 spiro atoms. The summed E-state index contributed by atoms with van der Waals surface area (Å²) >= 11 is 0. The lowest BCUT2D eigenvalue weighted by atomic mass is 9.89. The number of carbonyl (C=O) groups excluding carboxylic acids is 1. The highest BCUT2D eigenvalue weighted by Gasteiger charge is 2.43. The normalized spacial score (nSPS) is 36.3. The van der Waals surface area contributed by atoms with Gasteiger partial charge in [0, 0.05) is 18.8 Å². The first kappa shape index (κ1) is 22.9. The fourth-order valence-electron chi connectivity index (χ4n) is 3.74. The number of ether oxygens (including phenoxy) is 2. The molecule has 1 aliphatic carbocycles. The minimum atomic E-state index is -1.46. The Labute approximate surface area is 163 Å². The van der Waals surface area contributed by atoms with Gasteiger partial charge in [0.05, 0.1) is 13.2 Å². The van der Waals surface area contributed by atoms with Crippen LogP contribution in [0.3, 0.4) is 0 Å². The Morgan fingerprint density at radius 1 is 1.18 bits per heavy atom. The standard InChI is InChI=1S/C19H30O9/c20-10-14-16(24)17(25)18(26)19(28-14)27-8-4-2-1-3-5-12-11(9-15(22)23)6-7-13(12)21/h1,3,11-12,14,16-20,24-26H,2,4-10H2,(H,22,23)/b3-1-/t11-,12-,14-,16-,17+,18-,19-/m1/s1. The van der Waals surface area contributed by atoms with E-state index in [1.807, 2.05) is 12.2 Å². The predicted octanol–water partition coefficient (Wildman–Crippen LogP) is -0.401. The van der Waals surface area contributed by atoms with Crippen LogP contribution in [0.15, 0.2) is 12.2 Å². The van der Waals surface area contributed by atoms with Gasteiger partial charge in [0.2, 0.25) is 0 Å². The van der Waals surface area contributed by atoms with Gasteiger partial charge in [-0.2, -0.15) is 0 Å². The number of hydrogen-bond acceptors (Lipinski definition) is 8. The molecule has 2 aliphatic rings. The number of rotatable bonds is 10. The lowest BCUT2D eigenvalue weighted by Gasteiger charge is -2.39. The molecule has 0 radical (unpaired) electrons. The second-order valence-corrected chi connectivity index (χ2v) is 7.39. The molecule has 0 aromatic heterocycles. The summed E-state index contributed by atoms with van der Waals surface area (Å²) in [7, 11) is 0. The van der Waals surface area contributed by atoms with Crippen molar-refractivity contribution in [3.8, 4) is 0 Å².